The molecule has 36 heavy (non-hydrogen) atoms. The third kappa shape index (κ3) is 6.06. The van der Waals surface area contributed by atoms with Crippen LogP contribution in [0.1, 0.15) is 50.8 Å². The quantitative estimate of drug-likeness (QED) is 0.374. The Morgan fingerprint density at radius 1 is 1.08 bits per heavy atom. The molecule has 3 atom stereocenters. The van der Waals surface area contributed by atoms with Gasteiger partial charge < -0.3 is 30.3 Å². The molecule has 3 unspecified atom stereocenters. The van der Waals surface area contributed by atoms with Gasteiger partial charge in [0.25, 0.3) is 0 Å². The Hall–Kier alpha value is -3.37. The topological polar surface area (TPSA) is 128 Å². The SMILES string of the molecule is CCC(NC(=O)C(c1ccccc1)N1CCC(NC(=O)OCc2ccccc2)(C(C)C)C1=O)B(O)O. The Morgan fingerprint density at radius 2 is 1.69 bits per heavy atom. The van der Waals surface area contributed by atoms with Crippen LogP contribution in [0.5, 0.6) is 0 Å². The van der Waals surface area contributed by atoms with Crippen molar-refractivity contribution in [3.63, 3.8) is 0 Å². The van der Waals surface area contributed by atoms with Crippen molar-refractivity contribution in [2.45, 2.75) is 57.7 Å². The Balaban J connectivity index is 1.83. The van der Waals surface area contributed by atoms with Crippen LogP contribution in [-0.2, 0) is 20.9 Å². The van der Waals surface area contributed by atoms with Gasteiger partial charge in [0.1, 0.15) is 18.2 Å². The molecule has 3 amide bonds. The molecule has 2 aromatic carbocycles. The van der Waals surface area contributed by atoms with Crippen LogP contribution in [0.2, 0.25) is 0 Å². The summed E-state index contributed by atoms with van der Waals surface area (Å²) < 4.78 is 5.38. The van der Waals surface area contributed by atoms with Gasteiger partial charge in [-0.2, -0.15) is 0 Å². The number of likely N-dealkylation sites (tertiary alicyclic amines) is 1. The number of alkyl carbamates (subject to hydrolysis) is 1. The normalized spacial score (nSPS) is 19.1. The second kappa shape index (κ2) is 12.1. The van der Waals surface area contributed by atoms with E-state index < -0.39 is 42.5 Å². The van der Waals surface area contributed by atoms with E-state index in [1.165, 1.54) is 4.90 Å². The van der Waals surface area contributed by atoms with Crippen LogP contribution in [0.3, 0.4) is 0 Å². The van der Waals surface area contributed by atoms with Gasteiger partial charge >= 0.3 is 13.2 Å². The van der Waals surface area contributed by atoms with E-state index in [4.69, 9.17) is 4.74 Å². The minimum atomic E-state index is -1.74. The number of nitrogens with zero attached hydrogens (tertiary/aromatic N) is 1. The first-order valence-electron chi connectivity index (χ1n) is 12.2. The zero-order chi connectivity index (χ0) is 26.3. The second-order valence-corrected chi connectivity index (χ2v) is 9.31. The van der Waals surface area contributed by atoms with Crippen molar-refractivity contribution in [3.8, 4) is 0 Å². The second-order valence-electron chi connectivity index (χ2n) is 9.31. The third-order valence-corrected chi connectivity index (χ3v) is 6.72. The summed E-state index contributed by atoms with van der Waals surface area (Å²) in [5.74, 6) is -2.08. The highest BCUT2D eigenvalue weighted by Crippen LogP contribution is 2.36. The molecular formula is C26H34BN3O6. The largest absolute Gasteiger partial charge is 0.475 e. The van der Waals surface area contributed by atoms with Gasteiger partial charge in [-0.05, 0) is 29.9 Å². The average molecular weight is 495 g/mol. The molecule has 0 aromatic heterocycles. The lowest BCUT2D eigenvalue weighted by atomic mass is 9.77. The summed E-state index contributed by atoms with van der Waals surface area (Å²) in [7, 11) is -1.74. The molecule has 3 rings (SSSR count). The molecule has 0 aliphatic carbocycles. The highest BCUT2D eigenvalue weighted by Gasteiger charge is 2.53. The molecule has 1 heterocycles. The van der Waals surface area contributed by atoms with E-state index in [9.17, 15) is 24.4 Å². The first-order valence-corrected chi connectivity index (χ1v) is 12.2. The Labute approximate surface area is 212 Å². The van der Waals surface area contributed by atoms with Crippen LogP contribution in [0.15, 0.2) is 60.7 Å². The van der Waals surface area contributed by atoms with Crippen LogP contribution in [0.25, 0.3) is 0 Å². The predicted octanol–water partition coefficient (Wildman–Crippen LogP) is 2.19. The lowest BCUT2D eigenvalue weighted by molar-refractivity contribution is -0.142. The molecule has 0 saturated carbocycles. The molecule has 1 aliphatic heterocycles. The molecule has 1 fully saturated rings. The average Bonchev–Trinajstić information content (AvgIpc) is 3.19. The molecule has 10 heteroatoms. The van der Waals surface area contributed by atoms with E-state index in [0.717, 1.165) is 5.56 Å². The Morgan fingerprint density at radius 3 is 2.25 bits per heavy atom. The van der Waals surface area contributed by atoms with E-state index in [1.807, 2.05) is 44.2 Å². The van der Waals surface area contributed by atoms with Gasteiger partial charge in [-0.15, -0.1) is 0 Å². The molecule has 0 bridgehead atoms. The van der Waals surface area contributed by atoms with Gasteiger partial charge in [-0.3, -0.25) is 9.59 Å². The number of hydrogen-bond donors (Lipinski definition) is 4. The Kier molecular flexibility index (Phi) is 9.11. The van der Waals surface area contributed by atoms with Crippen LogP contribution >= 0.6 is 0 Å². The number of nitrogens with one attached hydrogen (secondary N) is 2. The van der Waals surface area contributed by atoms with Crippen molar-refractivity contribution in [2.75, 3.05) is 6.54 Å². The number of carbonyl (C=O) groups is 3. The van der Waals surface area contributed by atoms with Crippen LogP contribution in [-0.4, -0.2) is 58.0 Å². The standard InChI is InChI=1S/C26H34BN3O6/c1-4-21(27(34)35)28-23(31)22(20-13-9-6-10-14-20)30-16-15-26(18(2)3,24(30)32)29-25(33)36-17-19-11-7-5-8-12-19/h5-14,18,21-22,34-35H,4,15-17H2,1-3H3,(H,28,31)(H,29,33). The Bertz CT molecular complexity index is 1040. The van der Waals surface area contributed by atoms with Gasteiger partial charge in [0.05, 0.1) is 5.94 Å². The molecule has 9 nitrogen and oxygen atoms in total. The van der Waals surface area contributed by atoms with Gasteiger partial charge in [-0.25, -0.2) is 4.79 Å². The summed E-state index contributed by atoms with van der Waals surface area (Å²) in [5, 5.41) is 24.7. The minimum Gasteiger partial charge on any atom is -0.445 e. The summed E-state index contributed by atoms with van der Waals surface area (Å²) in [4.78, 5) is 41.4. The van der Waals surface area contributed by atoms with Crippen LogP contribution in [0, 0.1) is 5.92 Å². The molecular weight excluding hydrogens is 461 g/mol. The molecule has 1 saturated heterocycles. The van der Waals surface area contributed by atoms with E-state index in [2.05, 4.69) is 10.6 Å². The first-order chi connectivity index (χ1) is 17.2. The summed E-state index contributed by atoms with van der Waals surface area (Å²) in [6.45, 7) is 5.69. The van der Waals surface area contributed by atoms with Crippen LogP contribution < -0.4 is 10.6 Å². The fraction of sp³-hybridized carbons (Fsp3) is 0.423. The van der Waals surface area contributed by atoms with Crippen molar-refractivity contribution in [1.29, 1.82) is 0 Å². The number of benzene rings is 2. The van der Waals surface area contributed by atoms with Gasteiger partial charge in [0.2, 0.25) is 11.8 Å². The number of rotatable bonds is 10. The number of hydrogen-bond acceptors (Lipinski definition) is 6. The van der Waals surface area contributed by atoms with E-state index in [0.29, 0.717) is 18.4 Å². The van der Waals surface area contributed by atoms with Crippen molar-refractivity contribution in [2.24, 2.45) is 5.92 Å². The molecule has 2 aromatic rings. The highest BCUT2D eigenvalue weighted by atomic mass is 16.5. The summed E-state index contributed by atoms with van der Waals surface area (Å²) in [6.07, 6.45) is -0.123. The van der Waals surface area contributed by atoms with Crippen LogP contribution in [0.4, 0.5) is 4.79 Å². The highest BCUT2D eigenvalue weighted by molar-refractivity contribution is 6.43. The zero-order valence-electron chi connectivity index (χ0n) is 20.9. The first kappa shape index (κ1) is 27.2. The fourth-order valence-corrected chi connectivity index (χ4v) is 4.50. The van der Waals surface area contributed by atoms with Crippen molar-refractivity contribution in [3.05, 3.63) is 71.8 Å². The summed E-state index contributed by atoms with van der Waals surface area (Å²) in [6, 6.07) is 17.0. The van der Waals surface area contributed by atoms with Gasteiger partial charge in [-0.1, -0.05) is 81.4 Å². The van der Waals surface area contributed by atoms with E-state index in [-0.39, 0.29) is 19.1 Å². The smallest absolute Gasteiger partial charge is 0.445 e. The maximum atomic E-state index is 13.9. The van der Waals surface area contributed by atoms with Crippen molar-refractivity contribution in [1.82, 2.24) is 15.5 Å². The maximum absolute atomic E-state index is 13.9. The van der Waals surface area contributed by atoms with E-state index >= 15 is 0 Å². The van der Waals surface area contributed by atoms with E-state index in [1.54, 1.807) is 37.3 Å². The summed E-state index contributed by atoms with van der Waals surface area (Å²) in [5.41, 5.74) is 0.154. The number of amides is 3. The molecule has 4 N–H and O–H groups in total. The zero-order valence-corrected chi connectivity index (χ0v) is 20.9. The third-order valence-electron chi connectivity index (χ3n) is 6.72. The lowest BCUT2D eigenvalue weighted by Gasteiger charge is -2.34. The van der Waals surface area contributed by atoms with Gasteiger partial charge in [0, 0.05) is 6.54 Å². The fourth-order valence-electron chi connectivity index (χ4n) is 4.50. The number of ether oxygens (including phenoxy) is 1. The molecule has 192 valence electrons. The lowest BCUT2D eigenvalue weighted by Crippen LogP contribution is -2.59. The predicted molar refractivity (Wildman–Crippen MR) is 135 cm³/mol. The number of carbonyl (C=O) groups excluding carboxylic acids is 3. The van der Waals surface area contributed by atoms with Crippen molar-refractivity contribution < 1.29 is 29.2 Å². The van der Waals surface area contributed by atoms with Crippen molar-refractivity contribution >= 4 is 25.0 Å². The summed E-state index contributed by atoms with van der Waals surface area (Å²) >= 11 is 0. The maximum Gasteiger partial charge on any atom is 0.475 e. The minimum absolute atomic E-state index is 0.0652. The monoisotopic (exact) mass is 495 g/mol. The molecule has 0 radical (unpaired) electrons. The molecule has 1 aliphatic rings. The molecule has 0 spiro atoms. The van der Waals surface area contributed by atoms with Gasteiger partial charge in [0.15, 0.2) is 0 Å².